The zero-order valence-corrected chi connectivity index (χ0v) is 18.0. The van der Waals surface area contributed by atoms with Crippen molar-refractivity contribution < 1.29 is 28.6 Å². The summed E-state index contributed by atoms with van der Waals surface area (Å²) in [4.78, 5) is 27.6. The van der Waals surface area contributed by atoms with Crippen LogP contribution in [0.4, 0.5) is 0 Å². The van der Waals surface area contributed by atoms with Gasteiger partial charge in [-0.3, -0.25) is 9.59 Å². The molecule has 0 saturated carbocycles. The molecular weight excluding hydrogens is 410 g/mol. The highest BCUT2D eigenvalue weighted by atomic mass is 16.5. The fourth-order valence-corrected chi connectivity index (χ4v) is 3.98. The summed E-state index contributed by atoms with van der Waals surface area (Å²) < 4.78 is 16.2. The molecule has 32 heavy (non-hydrogen) atoms. The quantitative estimate of drug-likeness (QED) is 0.356. The molecule has 4 rings (SSSR count). The number of nitrogens with zero attached hydrogens (tertiary/aromatic N) is 1. The zero-order valence-electron chi connectivity index (χ0n) is 18.0. The summed E-state index contributed by atoms with van der Waals surface area (Å²) in [6, 6.07) is 14.9. The van der Waals surface area contributed by atoms with E-state index < -0.39 is 17.7 Å². The van der Waals surface area contributed by atoms with Crippen molar-refractivity contribution in [3.05, 3.63) is 88.9 Å². The SMILES string of the molecule is COc1ccc(/C(O)=C2/C(=O)C(=O)N(Cc3ccccc3OC)C2c2ccco2)c(C)c1. The van der Waals surface area contributed by atoms with Crippen molar-refractivity contribution >= 4 is 17.4 Å². The maximum Gasteiger partial charge on any atom is 0.296 e. The summed E-state index contributed by atoms with van der Waals surface area (Å²) in [6.07, 6.45) is 1.47. The Labute approximate surface area is 185 Å². The summed E-state index contributed by atoms with van der Waals surface area (Å²) in [5, 5.41) is 11.2. The van der Waals surface area contributed by atoms with Gasteiger partial charge in [0.1, 0.15) is 29.1 Å². The second kappa shape index (κ2) is 8.63. The molecule has 1 atom stereocenters. The lowest BCUT2D eigenvalue weighted by Gasteiger charge is -2.24. The third-order valence-electron chi connectivity index (χ3n) is 5.57. The number of carbonyl (C=O) groups is 2. The number of benzene rings is 2. The molecule has 164 valence electrons. The van der Waals surface area contributed by atoms with E-state index in [1.807, 2.05) is 18.2 Å². The number of ketones is 1. The van der Waals surface area contributed by atoms with Gasteiger partial charge < -0.3 is 23.9 Å². The molecule has 1 unspecified atom stereocenters. The second-order valence-corrected chi connectivity index (χ2v) is 7.44. The molecule has 0 radical (unpaired) electrons. The molecule has 1 fully saturated rings. The fraction of sp³-hybridized carbons (Fsp3) is 0.200. The molecule has 0 spiro atoms. The van der Waals surface area contributed by atoms with E-state index >= 15 is 0 Å². The van der Waals surface area contributed by atoms with Gasteiger partial charge in [0.2, 0.25) is 0 Å². The standard InChI is InChI=1S/C25H23NO6/c1-15-13-17(30-2)10-11-18(15)23(27)21-22(20-9-6-12-32-20)26(25(29)24(21)28)14-16-7-4-5-8-19(16)31-3/h4-13,22,27H,14H2,1-3H3/b23-21-. The van der Waals surface area contributed by atoms with Crippen LogP contribution in [0, 0.1) is 6.92 Å². The molecule has 3 aromatic rings. The number of amides is 1. The molecule has 2 heterocycles. The first kappa shape index (κ1) is 21.2. The molecule has 0 bridgehead atoms. The van der Waals surface area contributed by atoms with Gasteiger partial charge in [0.15, 0.2) is 0 Å². The average Bonchev–Trinajstić information content (AvgIpc) is 3.41. The van der Waals surface area contributed by atoms with Crippen molar-refractivity contribution in [1.29, 1.82) is 0 Å². The van der Waals surface area contributed by atoms with Crippen LogP contribution < -0.4 is 9.47 Å². The van der Waals surface area contributed by atoms with Gasteiger partial charge in [0, 0.05) is 11.1 Å². The van der Waals surface area contributed by atoms with Crippen molar-refractivity contribution in [2.75, 3.05) is 14.2 Å². The third-order valence-corrected chi connectivity index (χ3v) is 5.57. The van der Waals surface area contributed by atoms with Crippen molar-refractivity contribution in [3.8, 4) is 11.5 Å². The summed E-state index contributed by atoms with van der Waals surface area (Å²) in [5.41, 5.74) is 1.86. The van der Waals surface area contributed by atoms with Crippen LogP contribution >= 0.6 is 0 Å². The Morgan fingerprint density at radius 3 is 2.50 bits per heavy atom. The Hall–Kier alpha value is -4.00. The Kier molecular flexibility index (Phi) is 5.73. The summed E-state index contributed by atoms with van der Waals surface area (Å²) in [6.45, 7) is 1.91. The van der Waals surface area contributed by atoms with Crippen molar-refractivity contribution in [2.24, 2.45) is 0 Å². The average molecular weight is 433 g/mol. The maximum absolute atomic E-state index is 13.1. The predicted molar refractivity (Wildman–Crippen MR) is 117 cm³/mol. The molecule has 1 aromatic heterocycles. The maximum atomic E-state index is 13.1. The largest absolute Gasteiger partial charge is 0.507 e. The number of rotatable bonds is 6. The van der Waals surface area contributed by atoms with Gasteiger partial charge in [-0.1, -0.05) is 18.2 Å². The number of aryl methyl sites for hydroxylation is 1. The smallest absolute Gasteiger partial charge is 0.296 e. The summed E-state index contributed by atoms with van der Waals surface area (Å²) >= 11 is 0. The van der Waals surface area contributed by atoms with E-state index in [-0.39, 0.29) is 17.9 Å². The van der Waals surface area contributed by atoms with E-state index in [9.17, 15) is 14.7 Å². The minimum atomic E-state index is -0.878. The van der Waals surface area contributed by atoms with Crippen LogP contribution in [0.1, 0.15) is 28.5 Å². The van der Waals surface area contributed by atoms with Crippen LogP contribution in [0.25, 0.3) is 5.76 Å². The van der Waals surface area contributed by atoms with Gasteiger partial charge >= 0.3 is 0 Å². The van der Waals surface area contributed by atoms with Crippen LogP contribution in [0.2, 0.25) is 0 Å². The molecule has 7 heteroatoms. The topological polar surface area (TPSA) is 89.2 Å². The molecule has 0 aliphatic carbocycles. The molecule has 2 aromatic carbocycles. The number of hydrogen-bond donors (Lipinski definition) is 1. The fourth-order valence-electron chi connectivity index (χ4n) is 3.98. The zero-order chi connectivity index (χ0) is 22.8. The minimum absolute atomic E-state index is 0.0203. The van der Waals surface area contributed by atoms with E-state index in [1.54, 1.807) is 57.5 Å². The highest BCUT2D eigenvalue weighted by Gasteiger charge is 2.47. The van der Waals surface area contributed by atoms with Gasteiger partial charge in [0.25, 0.3) is 11.7 Å². The first-order valence-corrected chi connectivity index (χ1v) is 10.0. The summed E-state index contributed by atoms with van der Waals surface area (Å²) in [7, 11) is 3.10. The molecule has 1 aliphatic rings. The number of hydrogen-bond acceptors (Lipinski definition) is 6. The number of aliphatic hydroxyl groups excluding tert-OH is 1. The molecule has 1 N–H and O–H groups in total. The number of Topliss-reactive ketones (excluding diaryl/α,β-unsaturated/α-hetero) is 1. The Morgan fingerprint density at radius 2 is 1.84 bits per heavy atom. The number of likely N-dealkylation sites (tertiary alicyclic amines) is 1. The number of carbonyl (C=O) groups excluding carboxylic acids is 2. The number of ether oxygens (including phenoxy) is 2. The van der Waals surface area contributed by atoms with E-state index in [2.05, 4.69) is 0 Å². The van der Waals surface area contributed by atoms with Crippen molar-refractivity contribution in [3.63, 3.8) is 0 Å². The second-order valence-electron chi connectivity index (χ2n) is 7.44. The lowest BCUT2D eigenvalue weighted by molar-refractivity contribution is -0.140. The van der Waals surface area contributed by atoms with E-state index in [1.165, 1.54) is 11.2 Å². The Balaban J connectivity index is 1.84. The van der Waals surface area contributed by atoms with Crippen LogP contribution in [0.5, 0.6) is 11.5 Å². The molecule has 7 nitrogen and oxygen atoms in total. The van der Waals surface area contributed by atoms with Gasteiger partial charge in [-0.15, -0.1) is 0 Å². The van der Waals surface area contributed by atoms with Crippen LogP contribution in [-0.2, 0) is 16.1 Å². The van der Waals surface area contributed by atoms with Crippen LogP contribution in [-0.4, -0.2) is 35.9 Å². The van der Waals surface area contributed by atoms with Crippen molar-refractivity contribution in [1.82, 2.24) is 4.90 Å². The molecule has 1 amide bonds. The number of furan rings is 1. The van der Waals surface area contributed by atoms with Crippen LogP contribution in [0.15, 0.2) is 70.9 Å². The highest BCUT2D eigenvalue weighted by Crippen LogP contribution is 2.41. The van der Waals surface area contributed by atoms with E-state index in [0.29, 0.717) is 28.4 Å². The van der Waals surface area contributed by atoms with Gasteiger partial charge in [-0.25, -0.2) is 0 Å². The third kappa shape index (κ3) is 3.62. The summed E-state index contributed by atoms with van der Waals surface area (Å²) in [5.74, 6) is -0.143. The van der Waals surface area contributed by atoms with Gasteiger partial charge in [0.05, 0.1) is 32.6 Å². The molecule has 1 saturated heterocycles. The normalized spacial score (nSPS) is 17.6. The van der Waals surface area contributed by atoms with Crippen molar-refractivity contribution in [2.45, 2.75) is 19.5 Å². The van der Waals surface area contributed by atoms with Crippen LogP contribution in [0.3, 0.4) is 0 Å². The minimum Gasteiger partial charge on any atom is -0.507 e. The monoisotopic (exact) mass is 433 g/mol. The predicted octanol–water partition coefficient (Wildman–Crippen LogP) is 4.23. The first-order chi connectivity index (χ1) is 15.5. The molecular formula is C25H23NO6. The van der Waals surface area contributed by atoms with Gasteiger partial charge in [-0.05, 0) is 48.9 Å². The highest BCUT2D eigenvalue weighted by molar-refractivity contribution is 6.46. The lowest BCUT2D eigenvalue weighted by Crippen LogP contribution is -2.29. The number of para-hydroxylation sites is 1. The number of aliphatic hydroxyl groups is 1. The first-order valence-electron chi connectivity index (χ1n) is 10.0. The van der Waals surface area contributed by atoms with E-state index in [4.69, 9.17) is 13.9 Å². The Bertz CT molecular complexity index is 1190. The number of methoxy groups -OCH3 is 2. The van der Waals surface area contributed by atoms with E-state index in [0.717, 1.165) is 5.56 Å². The van der Waals surface area contributed by atoms with Gasteiger partial charge in [-0.2, -0.15) is 0 Å². The lowest BCUT2D eigenvalue weighted by atomic mass is 9.96. The Morgan fingerprint density at radius 1 is 1.06 bits per heavy atom. The molecule has 1 aliphatic heterocycles.